The second-order valence-electron chi connectivity index (χ2n) is 6.63. The van der Waals surface area contributed by atoms with Crippen molar-refractivity contribution in [1.82, 2.24) is 9.88 Å². The van der Waals surface area contributed by atoms with Crippen molar-refractivity contribution >= 4 is 17.2 Å². The van der Waals surface area contributed by atoms with Gasteiger partial charge in [0.25, 0.3) is 10.9 Å². The van der Waals surface area contributed by atoms with Crippen molar-refractivity contribution in [3.63, 3.8) is 0 Å². The van der Waals surface area contributed by atoms with E-state index in [0.29, 0.717) is 31.0 Å². The van der Waals surface area contributed by atoms with Crippen LogP contribution >= 0.6 is 0 Å². The summed E-state index contributed by atoms with van der Waals surface area (Å²) in [4.78, 5) is 34.6. The van der Waals surface area contributed by atoms with Gasteiger partial charge in [-0.15, -0.1) is 0 Å². The molecule has 1 fully saturated rings. The lowest BCUT2D eigenvalue weighted by Crippen LogP contribution is -2.51. The summed E-state index contributed by atoms with van der Waals surface area (Å²) in [7, 11) is 4.04. The smallest absolute Gasteiger partial charge is 0.253 e. The van der Waals surface area contributed by atoms with Gasteiger partial charge in [-0.25, -0.2) is 4.98 Å². The van der Waals surface area contributed by atoms with Crippen molar-refractivity contribution in [1.29, 1.82) is 0 Å². The Morgan fingerprint density at radius 3 is 2.44 bits per heavy atom. The van der Waals surface area contributed by atoms with Gasteiger partial charge in [0.1, 0.15) is 17.2 Å². The van der Waals surface area contributed by atoms with E-state index >= 15 is 0 Å². The summed E-state index contributed by atoms with van der Waals surface area (Å²) in [6, 6.07) is 5.86. The molecule has 0 amide bonds. The third-order valence-corrected chi connectivity index (χ3v) is 4.54. The number of hydrogen-bond donors (Lipinski definition) is 1. The molecule has 1 aromatic heterocycles. The molecule has 1 aromatic carbocycles. The van der Waals surface area contributed by atoms with Crippen LogP contribution in [0.2, 0.25) is 0 Å². The van der Waals surface area contributed by atoms with Gasteiger partial charge in [-0.3, -0.25) is 9.59 Å². The quantitative estimate of drug-likeness (QED) is 0.575. The molecule has 1 aliphatic rings. The van der Waals surface area contributed by atoms with Crippen LogP contribution in [0, 0.1) is 0 Å². The number of hydrogen-bond acceptors (Lipinski definition) is 7. The fraction of sp³-hybridized carbons (Fsp3) is 0.500. The van der Waals surface area contributed by atoms with Crippen LogP contribution in [0.4, 0.5) is 17.2 Å². The minimum absolute atomic E-state index is 0.360. The molecule has 1 N–H and O–H groups in total. The Balaban J connectivity index is 1.59. The monoisotopic (exact) mass is 343 g/mol. The number of aromatic nitrogens is 1. The highest BCUT2D eigenvalue weighted by Gasteiger charge is 2.28. The van der Waals surface area contributed by atoms with E-state index < -0.39 is 0 Å². The zero-order valence-electron chi connectivity index (χ0n) is 14.9. The molecule has 0 bridgehead atoms. The maximum Gasteiger partial charge on any atom is 0.253 e. The van der Waals surface area contributed by atoms with Crippen LogP contribution in [0.5, 0.6) is 0 Å². The van der Waals surface area contributed by atoms with Gasteiger partial charge in [-0.1, -0.05) is 6.07 Å². The molecule has 0 saturated carbocycles. The maximum atomic E-state index is 12.0. The van der Waals surface area contributed by atoms with Crippen LogP contribution in [0.1, 0.15) is 6.42 Å². The van der Waals surface area contributed by atoms with Gasteiger partial charge >= 0.3 is 0 Å². The highest BCUT2D eigenvalue weighted by Crippen LogP contribution is 2.23. The molecule has 0 aliphatic carbocycles. The fourth-order valence-corrected chi connectivity index (χ4v) is 3.15. The Morgan fingerprint density at radius 1 is 1.08 bits per heavy atom. The normalized spacial score (nSPS) is 15.2. The third-order valence-electron chi connectivity index (χ3n) is 4.54. The summed E-state index contributed by atoms with van der Waals surface area (Å²) in [6.45, 7) is 4.65. The number of rotatable bonds is 7. The zero-order valence-corrected chi connectivity index (χ0v) is 14.9. The molecule has 2 aromatic rings. The van der Waals surface area contributed by atoms with Crippen molar-refractivity contribution in [2.45, 2.75) is 6.42 Å². The van der Waals surface area contributed by atoms with Crippen molar-refractivity contribution < 1.29 is 0 Å². The lowest BCUT2D eigenvalue weighted by atomic mass is 10.1. The molecule has 7 nitrogen and oxygen atoms in total. The number of piperazine rings is 1. The topological polar surface area (TPSA) is 68.8 Å². The van der Waals surface area contributed by atoms with Gasteiger partial charge in [0, 0.05) is 38.9 Å². The van der Waals surface area contributed by atoms with E-state index in [1.54, 1.807) is 6.20 Å². The Morgan fingerprint density at radius 2 is 1.80 bits per heavy atom. The molecule has 2 heterocycles. The molecule has 0 unspecified atom stereocenters. The third kappa shape index (κ3) is 3.82. The Labute approximate surface area is 147 Å². The predicted octanol–water partition coefficient (Wildman–Crippen LogP) is 0.368. The highest BCUT2D eigenvalue weighted by atomic mass is 16.2. The van der Waals surface area contributed by atoms with Crippen LogP contribution in [0.25, 0.3) is 0 Å². The Kier molecular flexibility index (Phi) is 5.33. The molecule has 1 aliphatic heterocycles. The lowest BCUT2D eigenvalue weighted by Gasteiger charge is -2.37. The van der Waals surface area contributed by atoms with Crippen molar-refractivity contribution in [3.05, 3.63) is 44.8 Å². The number of nitrogens with zero attached hydrogens (tertiary/aromatic N) is 4. The summed E-state index contributed by atoms with van der Waals surface area (Å²) in [5.41, 5.74) is 0.318. The van der Waals surface area contributed by atoms with Crippen molar-refractivity contribution in [2.75, 3.05) is 68.5 Å². The van der Waals surface area contributed by atoms with Crippen LogP contribution in [0.3, 0.4) is 0 Å². The van der Waals surface area contributed by atoms with Crippen LogP contribution in [0.15, 0.2) is 34.0 Å². The van der Waals surface area contributed by atoms with Gasteiger partial charge in [0.05, 0.1) is 0 Å². The number of nitrogens with one attached hydrogen (secondary N) is 1. The van der Waals surface area contributed by atoms with Gasteiger partial charge < -0.3 is 20.0 Å². The average molecular weight is 343 g/mol. The van der Waals surface area contributed by atoms with Crippen LogP contribution in [-0.2, 0) is 0 Å². The molecular formula is C18H25N5O2. The first-order valence-electron chi connectivity index (χ1n) is 8.71. The van der Waals surface area contributed by atoms with Crippen LogP contribution < -0.4 is 26.0 Å². The first kappa shape index (κ1) is 17.4. The molecule has 7 heteroatoms. The number of anilines is 3. The molecular weight excluding hydrogens is 318 g/mol. The van der Waals surface area contributed by atoms with E-state index in [1.165, 1.54) is 0 Å². The first-order chi connectivity index (χ1) is 12.1. The van der Waals surface area contributed by atoms with Crippen molar-refractivity contribution in [3.8, 4) is 0 Å². The second kappa shape index (κ2) is 7.65. The molecule has 0 spiro atoms. The largest absolute Gasteiger partial charge is 0.380 e. The molecule has 0 radical (unpaired) electrons. The fourth-order valence-electron chi connectivity index (χ4n) is 3.15. The second-order valence-corrected chi connectivity index (χ2v) is 6.63. The zero-order chi connectivity index (χ0) is 17.8. The lowest BCUT2D eigenvalue weighted by molar-refractivity contribution is 0.405. The minimum atomic E-state index is -0.382. The Bertz CT molecular complexity index is 759. The summed E-state index contributed by atoms with van der Waals surface area (Å²) in [5.74, 6) is 0.953. The predicted molar refractivity (Wildman–Crippen MR) is 102 cm³/mol. The summed E-state index contributed by atoms with van der Waals surface area (Å²) in [5, 5.41) is 3.16. The van der Waals surface area contributed by atoms with E-state index in [2.05, 4.69) is 20.1 Å². The summed E-state index contributed by atoms with van der Waals surface area (Å²) >= 11 is 0. The Hall–Kier alpha value is -2.41. The first-order valence-corrected chi connectivity index (χ1v) is 8.71. The summed E-state index contributed by atoms with van der Waals surface area (Å²) in [6.07, 6.45) is 2.72. The number of pyridine rings is 1. The van der Waals surface area contributed by atoms with E-state index in [1.807, 2.05) is 37.2 Å². The van der Waals surface area contributed by atoms with Crippen LogP contribution in [-0.4, -0.2) is 63.2 Å². The van der Waals surface area contributed by atoms with E-state index in [9.17, 15) is 9.59 Å². The standard InChI is InChI=1S/C18H25N5O2/c1-21(2)9-5-8-20-15-16(18(25)17(15)24)23-12-10-22(11-13-23)14-6-3-4-7-19-14/h3-4,6-7,20H,5,8-13H2,1-2H3. The molecule has 3 rings (SSSR count). The van der Waals surface area contributed by atoms with Gasteiger partial charge in [0.15, 0.2) is 0 Å². The van der Waals surface area contributed by atoms with E-state index in [0.717, 1.165) is 31.9 Å². The average Bonchev–Trinajstić information content (AvgIpc) is 2.64. The minimum Gasteiger partial charge on any atom is -0.380 e. The van der Waals surface area contributed by atoms with Gasteiger partial charge in [-0.2, -0.15) is 0 Å². The maximum absolute atomic E-state index is 12.0. The van der Waals surface area contributed by atoms with E-state index in [4.69, 9.17) is 0 Å². The molecule has 134 valence electrons. The van der Waals surface area contributed by atoms with E-state index in [-0.39, 0.29) is 10.9 Å². The van der Waals surface area contributed by atoms with Gasteiger partial charge in [-0.05, 0) is 39.2 Å². The molecule has 0 atom stereocenters. The molecule has 25 heavy (non-hydrogen) atoms. The van der Waals surface area contributed by atoms with Crippen molar-refractivity contribution in [2.24, 2.45) is 0 Å². The highest BCUT2D eigenvalue weighted by molar-refractivity contribution is 5.75. The molecule has 1 saturated heterocycles. The SMILES string of the molecule is CN(C)CCCNc1c(N2CCN(c3ccccn3)CC2)c(=O)c1=O. The summed E-state index contributed by atoms with van der Waals surface area (Å²) < 4.78 is 0. The van der Waals surface area contributed by atoms with Gasteiger partial charge in [0.2, 0.25) is 0 Å².